The third kappa shape index (κ3) is 19.4. The summed E-state index contributed by atoms with van der Waals surface area (Å²) in [6.45, 7) is 4.23. The predicted octanol–water partition coefficient (Wildman–Crippen LogP) is -9.38. The molecule has 16 heavy (non-hydrogen) atoms. The van der Waals surface area contributed by atoms with E-state index in [1.807, 2.05) is 0 Å². The van der Waals surface area contributed by atoms with Gasteiger partial charge in [0.2, 0.25) is 0 Å². The maximum atomic E-state index is 10.4. The molecule has 0 aromatic carbocycles. The van der Waals surface area contributed by atoms with Crippen molar-refractivity contribution in [3.8, 4) is 0 Å². The van der Waals surface area contributed by atoms with Crippen LogP contribution < -0.4 is 103 Å². The SMILES string of the molecule is CCC[C@@H](CC)CCC[Si]([O-])([O-])[O-].[Na+].[Na+].[Na+]. The first-order chi connectivity index (χ1) is 5.99. The second kappa shape index (κ2) is 16.2. The zero-order chi connectivity index (χ0) is 10.3. The molecule has 0 bridgehead atoms. The molecule has 0 aliphatic heterocycles. The standard InChI is InChI=1S/C9H19O3Si.3Na/c1-3-6-9(4-2)7-5-8-13(10,11)12;;;/h9H,3-8H2,1-2H3;;;/q-3;3*+1/t9-;;;/m1.../s1. The fourth-order valence-corrected chi connectivity index (χ4v) is 2.21. The zero-order valence-electron chi connectivity index (χ0n) is 11.5. The van der Waals surface area contributed by atoms with E-state index in [2.05, 4.69) is 13.8 Å². The van der Waals surface area contributed by atoms with Crippen molar-refractivity contribution in [1.29, 1.82) is 0 Å². The van der Waals surface area contributed by atoms with E-state index < -0.39 is 8.80 Å². The van der Waals surface area contributed by atoms with Crippen LogP contribution >= 0.6 is 0 Å². The minimum absolute atomic E-state index is 0. The molecule has 0 saturated carbocycles. The largest absolute Gasteiger partial charge is 1.00 e. The maximum Gasteiger partial charge on any atom is 1.00 e. The minimum atomic E-state index is -4.51. The van der Waals surface area contributed by atoms with E-state index in [0.29, 0.717) is 12.3 Å². The van der Waals surface area contributed by atoms with E-state index in [4.69, 9.17) is 0 Å². The summed E-state index contributed by atoms with van der Waals surface area (Å²) in [6.07, 6.45) is 4.78. The summed E-state index contributed by atoms with van der Waals surface area (Å²) in [5, 5.41) is 0. The van der Waals surface area contributed by atoms with E-state index in [1.54, 1.807) is 0 Å². The summed E-state index contributed by atoms with van der Waals surface area (Å²) in [5.41, 5.74) is 0. The Morgan fingerprint density at radius 3 is 1.75 bits per heavy atom. The van der Waals surface area contributed by atoms with Gasteiger partial charge in [-0.2, -0.15) is 0 Å². The van der Waals surface area contributed by atoms with Crippen molar-refractivity contribution in [2.45, 2.75) is 52.0 Å². The van der Waals surface area contributed by atoms with Crippen molar-refractivity contribution in [2.24, 2.45) is 5.92 Å². The van der Waals surface area contributed by atoms with Crippen molar-refractivity contribution in [3.63, 3.8) is 0 Å². The first kappa shape index (κ1) is 27.4. The van der Waals surface area contributed by atoms with Crippen LogP contribution in [0.1, 0.15) is 46.0 Å². The van der Waals surface area contributed by atoms with Gasteiger partial charge in [-0.05, 0) is 5.92 Å². The van der Waals surface area contributed by atoms with Crippen LogP contribution in [0.25, 0.3) is 0 Å². The minimum Gasteiger partial charge on any atom is -0.881 e. The average molecular weight is 272 g/mol. The average Bonchev–Trinajstić information content (AvgIpc) is 2.01. The molecule has 3 nitrogen and oxygen atoms in total. The summed E-state index contributed by atoms with van der Waals surface area (Å²) in [7, 11) is -4.51. The summed E-state index contributed by atoms with van der Waals surface area (Å²) in [4.78, 5) is 31.1. The number of hydrogen-bond donors (Lipinski definition) is 0. The monoisotopic (exact) mass is 272 g/mol. The fraction of sp³-hybridized carbons (Fsp3) is 1.00. The second-order valence-electron chi connectivity index (χ2n) is 3.64. The molecule has 0 unspecified atom stereocenters. The first-order valence-corrected chi connectivity index (χ1v) is 7.04. The molecule has 0 aliphatic rings. The molecule has 0 radical (unpaired) electrons. The zero-order valence-corrected chi connectivity index (χ0v) is 18.5. The fourth-order valence-electron chi connectivity index (χ4n) is 1.57. The molecule has 0 aliphatic carbocycles. The Morgan fingerprint density at radius 2 is 1.44 bits per heavy atom. The Labute approximate surface area is 167 Å². The van der Waals surface area contributed by atoms with E-state index >= 15 is 0 Å². The Kier molecular flexibility index (Phi) is 27.7. The summed E-state index contributed by atoms with van der Waals surface area (Å²) >= 11 is 0. The van der Waals surface area contributed by atoms with Crippen molar-refractivity contribution < 1.29 is 103 Å². The third-order valence-corrected chi connectivity index (χ3v) is 3.34. The van der Waals surface area contributed by atoms with Crippen molar-refractivity contribution in [3.05, 3.63) is 0 Å². The van der Waals surface area contributed by atoms with Crippen molar-refractivity contribution in [1.82, 2.24) is 0 Å². The van der Waals surface area contributed by atoms with Crippen LogP contribution in [-0.2, 0) is 0 Å². The molecule has 0 heterocycles. The van der Waals surface area contributed by atoms with E-state index in [-0.39, 0.29) is 94.7 Å². The van der Waals surface area contributed by atoms with Gasteiger partial charge in [-0.1, -0.05) is 46.0 Å². The van der Waals surface area contributed by atoms with Gasteiger partial charge in [-0.3, -0.25) is 8.80 Å². The molecule has 0 amide bonds. The third-order valence-electron chi connectivity index (χ3n) is 2.37. The van der Waals surface area contributed by atoms with Gasteiger partial charge >= 0.3 is 88.7 Å². The van der Waals surface area contributed by atoms with Gasteiger partial charge in [-0.25, -0.2) is 0 Å². The normalized spacial score (nSPS) is 11.8. The molecule has 0 spiro atoms. The molecule has 0 aromatic rings. The molecular weight excluding hydrogens is 253 g/mol. The molecule has 80 valence electrons. The van der Waals surface area contributed by atoms with Crippen LogP contribution in [0.4, 0.5) is 0 Å². The van der Waals surface area contributed by atoms with Gasteiger partial charge < -0.3 is 14.4 Å². The number of hydrogen-bond acceptors (Lipinski definition) is 3. The summed E-state index contributed by atoms with van der Waals surface area (Å²) in [5.74, 6) is 0.598. The van der Waals surface area contributed by atoms with E-state index in [0.717, 1.165) is 25.7 Å². The molecule has 0 N–H and O–H groups in total. The molecule has 0 aromatic heterocycles. The molecule has 1 atom stereocenters. The number of rotatable bonds is 7. The van der Waals surface area contributed by atoms with Crippen LogP contribution in [-0.4, -0.2) is 8.80 Å². The molecule has 0 rings (SSSR count). The van der Waals surface area contributed by atoms with Crippen LogP contribution in [0.2, 0.25) is 6.04 Å². The van der Waals surface area contributed by atoms with Gasteiger partial charge in [0, 0.05) is 0 Å². The second-order valence-corrected chi connectivity index (χ2v) is 5.50. The van der Waals surface area contributed by atoms with E-state index in [9.17, 15) is 14.4 Å². The first-order valence-electron chi connectivity index (χ1n) is 5.10. The smallest absolute Gasteiger partial charge is 0.881 e. The van der Waals surface area contributed by atoms with Crippen LogP contribution in [0, 0.1) is 5.92 Å². The van der Waals surface area contributed by atoms with Crippen molar-refractivity contribution in [2.75, 3.05) is 0 Å². The van der Waals surface area contributed by atoms with E-state index in [1.165, 1.54) is 0 Å². The van der Waals surface area contributed by atoms with Crippen LogP contribution in [0.15, 0.2) is 0 Å². The van der Waals surface area contributed by atoms with Gasteiger partial charge in [0.15, 0.2) is 0 Å². The quantitative estimate of drug-likeness (QED) is 0.432. The molecule has 0 saturated heterocycles. The van der Waals surface area contributed by atoms with Crippen LogP contribution in [0.3, 0.4) is 0 Å². The summed E-state index contributed by atoms with van der Waals surface area (Å²) < 4.78 is 0. The van der Waals surface area contributed by atoms with Crippen molar-refractivity contribution >= 4 is 8.80 Å². The van der Waals surface area contributed by atoms with Gasteiger partial charge in [0.1, 0.15) is 0 Å². The maximum absolute atomic E-state index is 10.4. The summed E-state index contributed by atoms with van der Waals surface area (Å²) in [6, 6.07) is -0.146. The topological polar surface area (TPSA) is 69.2 Å². The van der Waals surface area contributed by atoms with Gasteiger partial charge in [0.05, 0.1) is 0 Å². The van der Waals surface area contributed by atoms with Gasteiger partial charge in [-0.15, -0.1) is 6.04 Å². The Bertz CT molecular complexity index is 134. The molecular formula is C9H19Na3O3Si. The molecule has 0 fully saturated rings. The Hall–Kier alpha value is 3.10. The Balaban J connectivity index is -0.000000240. The van der Waals surface area contributed by atoms with Gasteiger partial charge in [0.25, 0.3) is 0 Å². The predicted molar refractivity (Wildman–Crippen MR) is 48.5 cm³/mol. The molecule has 7 heteroatoms. The van der Waals surface area contributed by atoms with Crippen LogP contribution in [0.5, 0.6) is 0 Å². The Morgan fingerprint density at radius 1 is 0.938 bits per heavy atom.